The van der Waals surface area contributed by atoms with Gasteiger partial charge < -0.3 is 10.6 Å². The van der Waals surface area contributed by atoms with Gasteiger partial charge in [-0.25, -0.2) is 13.8 Å². The fourth-order valence-electron chi connectivity index (χ4n) is 1.79. The Kier molecular flexibility index (Phi) is 2.56. The Hall–Kier alpha value is -1.23. The predicted octanol–water partition coefficient (Wildman–Crippen LogP) is 1.39. The molecule has 2 rings (SSSR count). The number of hydrogen-bond acceptors (Lipinski definition) is 3. The first-order valence-electron chi connectivity index (χ1n) is 4.89. The Bertz CT molecular complexity index is 354. The van der Waals surface area contributed by atoms with Crippen LogP contribution in [0.1, 0.15) is 12.0 Å². The van der Waals surface area contributed by atoms with Gasteiger partial charge in [0.25, 0.3) is 5.92 Å². The first kappa shape index (κ1) is 10.3. The van der Waals surface area contributed by atoms with E-state index in [-0.39, 0.29) is 13.0 Å². The van der Waals surface area contributed by atoms with E-state index in [0.717, 1.165) is 5.56 Å². The van der Waals surface area contributed by atoms with E-state index in [1.165, 1.54) is 0 Å². The summed E-state index contributed by atoms with van der Waals surface area (Å²) in [6.07, 6.45) is 1.50. The Morgan fingerprint density at radius 1 is 1.53 bits per heavy atom. The van der Waals surface area contributed by atoms with Crippen LogP contribution < -0.4 is 10.6 Å². The molecule has 1 saturated heterocycles. The van der Waals surface area contributed by atoms with Gasteiger partial charge in [0.15, 0.2) is 0 Å². The van der Waals surface area contributed by atoms with Crippen molar-refractivity contribution in [2.75, 3.05) is 18.0 Å². The van der Waals surface area contributed by atoms with Crippen LogP contribution in [-0.4, -0.2) is 24.0 Å². The molecule has 1 fully saturated rings. The zero-order valence-electron chi connectivity index (χ0n) is 8.29. The van der Waals surface area contributed by atoms with Crippen molar-refractivity contribution >= 4 is 5.82 Å². The molecule has 1 aromatic heterocycles. The van der Waals surface area contributed by atoms with Crippen LogP contribution in [0.2, 0.25) is 0 Å². The minimum absolute atomic E-state index is 0.104. The van der Waals surface area contributed by atoms with Gasteiger partial charge in [0.1, 0.15) is 5.82 Å². The molecule has 0 saturated carbocycles. The maximum absolute atomic E-state index is 13.0. The summed E-state index contributed by atoms with van der Waals surface area (Å²) < 4.78 is 26.0. The molecule has 3 nitrogen and oxygen atoms in total. The van der Waals surface area contributed by atoms with Crippen molar-refractivity contribution in [2.24, 2.45) is 5.73 Å². The van der Waals surface area contributed by atoms with E-state index in [1.807, 2.05) is 6.07 Å². The van der Waals surface area contributed by atoms with Gasteiger partial charge >= 0.3 is 0 Å². The smallest absolute Gasteiger partial charge is 0.266 e. The van der Waals surface area contributed by atoms with Gasteiger partial charge in [-0.05, 0) is 6.07 Å². The second kappa shape index (κ2) is 3.73. The van der Waals surface area contributed by atoms with Gasteiger partial charge in [-0.15, -0.1) is 0 Å². The van der Waals surface area contributed by atoms with Crippen LogP contribution in [0.25, 0.3) is 0 Å². The highest BCUT2D eigenvalue weighted by Gasteiger charge is 2.39. The van der Waals surface area contributed by atoms with Crippen LogP contribution in [0.3, 0.4) is 0 Å². The molecule has 0 spiro atoms. The molecular formula is C10H13F2N3. The number of nitrogens with two attached hydrogens (primary N) is 1. The molecule has 0 atom stereocenters. The van der Waals surface area contributed by atoms with Crippen molar-refractivity contribution in [2.45, 2.75) is 18.9 Å². The summed E-state index contributed by atoms with van der Waals surface area (Å²) in [7, 11) is 0. The molecule has 2 heterocycles. The average Bonchev–Trinajstić information content (AvgIpc) is 2.59. The first-order valence-corrected chi connectivity index (χ1v) is 4.89. The molecule has 1 aliphatic rings. The summed E-state index contributed by atoms with van der Waals surface area (Å²) in [4.78, 5) is 5.71. The van der Waals surface area contributed by atoms with Crippen molar-refractivity contribution in [3.63, 3.8) is 0 Å². The molecule has 1 aliphatic heterocycles. The minimum atomic E-state index is -2.59. The predicted molar refractivity (Wildman–Crippen MR) is 53.9 cm³/mol. The summed E-state index contributed by atoms with van der Waals surface area (Å²) >= 11 is 0. The van der Waals surface area contributed by atoms with Crippen molar-refractivity contribution in [3.8, 4) is 0 Å². The number of hydrogen-bond donors (Lipinski definition) is 1. The third kappa shape index (κ3) is 2.07. The molecule has 0 aliphatic carbocycles. The second-order valence-electron chi connectivity index (χ2n) is 3.72. The largest absolute Gasteiger partial charge is 0.350 e. The van der Waals surface area contributed by atoms with E-state index in [0.29, 0.717) is 18.9 Å². The van der Waals surface area contributed by atoms with Crippen LogP contribution in [-0.2, 0) is 6.54 Å². The maximum Gasteiger partial charge on any atom is 0.266 e. The lowest BCUT2D eigenvalue weighted by atomic mass is 10.2. The molecule has 82 valence electrons. The van der Waals surface area contributed by atoms with Crippen LogP contribution in [0.15, 0.2) is 18.3 Å². The molecular weight excluding hydrogens is 200 g/mol. The summed E-state index contributed by atoms with van der Waals surface area (Å²) in [5.74, 6) is -2.00. The highest BCUT2D eigenvalue weighted by molar-refractivity contribution is 5.48. The molecule has 0 bridgehead atoms. The Morgan fingerprint density at radius 3 is 2.93 bits per heavy atom. The van der Waals surface area contributed by atoms with E-state index in [4.69, 9.17) is 5.73 Å². The highest BCUT2D eigenvalue weighted by Crippen LogP contribution is 2.31. The Morgan fingerprint density at radius 2 is 2.33 bits per heavy atom. The summed E-state index contributed by atoms with van der Waals surface area (Å²) in [5.41, 5.74) is 6.35. The monoisotopic (exact) mass is 213 g/mol. The van der Waals surface area contributed by atoms with Crippen LogP contribution in [0.4, 0.5) is 14.6 Å². The van der Waals surface area contributed by atoms with Gasteiger partial charge in [0.05, 0.1) is 6.54 Å². The lowest BCUT2D eigenvalue weighted by Gasteiger charge is -2.19. The number of anilines is 1. The SMILES string of the molecule is NCc1cccnc1N1CCC(F)(F)C1. The van der Waals surface area contributed by atoms with E-state index in [9.17, 15) is 8.78 Å². The van der Waals surface area contributed by atoms with E-state index in [2.05, 4.69) is 4.98 Å². The van der Waals surface area contributed by atoms with E-state index < -0.39 is 5.92 Å². The lowest BCUT2D eigenvalue weighted by Crippen LogP contribution is -2.26. The van der Waals surface area contributed by atoms with Crippen molar-refractivity contribution < 1.29 is 8.78 Å². The normalized spacial score (nSPS) is 19.5. The molecule has 0 unspecified atom stereocenters. The van der Waals surface area contributed by atoms with E-state index in [1.54, 1.807) is 17.2 Å². The molecule has 0 aromatic carbocycles. The number of aromatic nitrogens is 1. The number of nitrogens with zero attached hydrogens (tertiary/aromatic N) is 2. The average molecular weight is 213 g/mol. The van der Waals surface area contributed by atoms with Crippen molar-refractivity contribution in [1.29, 1.82) is 0 Å². The molecule has 0 radical (unpaired) electrons. The molecule has 15 heavy (non-hydrogen) atoms. The topological polar surface area (TPSA) is 42.1 Å². The van der Waals surface area contributed by atoms with Crippen LogP contribution in [0.5, 0.6) is 0 Å². The Labute approximate surface area is 86.9 Å². The molecule has 2 N–H and O–H groups in total. The number of alkyl halides is 2. The highest BCUT2D eigenvalue weighted by atomic mass is 19.3. The molecule has 1 aromatic rings. The van der Waals surface area contributed by atoms with Gasteiger partial charge in [0.2, 0.25) is 0 Å². The summed E-state index contributed by atoms with van der Waals surface area (Å²) in [5, 5.41) is 0. The Balaban J connectivity index is 2.23. The van der Waals surface area contributed by atoms with Gasteiger partial charge in [-0.2, -0.15) is 0 Å². The van der Waals surface area contributed by atoms with Crippen molar-refractivity contribution in [1.82, 2.24) is 4.98 Å². The number of rotatable bonds is 2. The maximum atomic E-state index is 13.0. The minimum Gasteiger partial charge on any atom is -0.350 e. The van der Waals surface area contributed by atoms with Gasteiger partial charge in [-0.3, -0.25) is 0 Å². The summed E-state index contributed by atoms with van der Waals surface area (Å²) in [6, 6.07) is 3.58. The summed E-state index contributed by atoms with van der Waals surface area (Å²) in [6.45, 7) is 0.416. The van der Waals surface area contributed by atoms with Gasteiger partial charge in [0, 0.05) is 31.3 Å². The van der Waals surface area contributed by atoms with Gasteiger partial charge in [-0.1, -0.05) is 6.07 Å². The third-order valence-corrected chi connectivity index (χ3v) is 2.56. The third-order valence-electron chi connectivity index (χ3n) is 2.56. The second-order valence-corrected chi connectivity index (χ2v) is 3.72. The number of pyridine rings is 1. The fourth-order valence-corrected chi connectivity index (χ4v) is 1.79. The molecule has 0 amide bonds. The standard InChI is InChI=1S/C10H13F2N3/c11-10(12)3-5-15(7-10)9-8(6-13)2-1-4-14-9/h1-2,4H,3,5-7,13H2. The zero-order chi connectivity index (χ0) is 10.9. The van der Waals surface area contributed by atoms with E-state index >= 15 is 0 Å². The molecule has 5 heteroatoms. The van der Waals surface area contributed by atoms with Crippen molar-refractivity contribution in [3.05, 3.63) is 23.9 Å². The van der Waals surface area contributed by atoms with Crippen LogP contribution >= 0.6 is 0 Å². The lowest BCUT2D eigenvalue weighted by molar-refractivity contribution is 0.0256. The first-order chi connectivity index (χ1) is 7.12. The number of halogens is 2. The quantitative estimate of drug-likeness (QED) is 0.807. The fraction of sp³-hybridized carbons (Fsp3) is 0.500. The van der Waals surface area contributed by atoms with Crippen LogP contribution in [0, 0.1) is 0 Å². The zero-order valence-corrected chi connectivity index (χ0v) is 8.29.